The van der Waals surface area contributed by atoms with Crippen LogP contribution in [0.2, 0.25) is 0 Å². The van der Waals surface area contributed by atoms with Gasteiger partial charge >= 0.3 is 0 Å². The van der Waals surface area contributed by atoms with Gasteiger partial charge in [0.2, 0.25) is 6.79 Å². The monoisotopic (exact) mass is 371 g/mol. The summed E-state index contributed by atoms with van der Waals surface area (Å²) >= 11 is 0. The molecule has 2 bridgehead atoms. The average Bonchev–Trinajstić information content (AvgIpc) is 3.42. The number of likely N-dealkylation sites (tertiary alicyclic amines) is 1. The second kappa shape index (κ2) is 6.30. The summed E-state index contributed by atoms with van der Waals surface area (Å²) in [5.74, 6) is 4.05. The van der Waals surface area contributed by atoms with Crippen LogP contribution >= 0.6 is 0 Å². The Morgan fingerprint density at radius 3 is 2.56 bits per heavy atom. The Labute approximate surface area is 160 Å². The van der Waals surface area contributed by atoms with Crippen molar-refractivity contribution in [1.82, 2.24) is 10.2 Å². The summed E-state index contributed by atoms with van der Waals surface area (Å²) in [6.07, 6.45) is 3.44. The van der Waals surface area contributed by atoms with Crippen molar-refractivity contribution in [1.29, 1.82) is 0 Å². The zero-order valence-electron chi connectivity index (χ0n) is 16.4. The molecule has 0 radical (unpaired) electrons. The minimum atomic E-state index is -0.0470. The van der Waals surface area contributed by atoms with Crippen molar-refractivity contribution < 1.29 is 14.2 Å². The van der Waals surface area contributed by atoms with Gasteiger partial charge in [0.05, 0.1) is 12.2 Å². The minimum absolute atomic E-state index is 0.0470. The van der Waals surface area contributed by atoms with E-state index in [4.69, 9.17) is 14.2 Å². The number of aliphatic imine (C=N–C) groups is 1. The molecule has 5 rings (SSSR count). The topological polar surface area (TPSA) is 55.3 Å². The molecule has 0 amide bonds. The molecule has 4 unspecified atom stereocenters. The van der Waals surface area contributed by atoms with Crippen LogP contribution in [0.1, 0.15) is 32.3 Å². The second-order valence-electron chi connectivity index (χ2n) is 8.88. The molecule has 0 aliphatic carbocycles. The van der Waals surface area contributed by atoms with Crippen molar-refractivity contribution in [3.63, 3.8) is 0 Å². The highest BCUT2D eigenvalue weighted by molar-refractivity contribution is 5.80. The van der Waals surface area contributed by atoms with Gasteiger partial charge in [-0.3, -0.25) is 4.99 Å². The Hall–Kier alpha value is -1.95. The summed E-state index contributed by atoms with van der Waals surface area (Å²) < 4.78 is 17.1. The lowest BCUT2D eigenvalue weighted by atomic mass is 9.82. The molecule has 6 nitrogen and oxygen atoms in total. The predicted octanol–water partition coefficient (Wildman–Crippen LogP) is 2.38. The normalized spacial score (nSPS) is 31.5. The Bertz CT molecular complexity index is 745. The number of nitrogens with zero attached hydrogens (tertiary/aromatic N) is 2. The maximum atomic E-state index is 6.10. The van der Waals surface area contributed by atoms with Crippen LogP contribution in [0, 0.1) is 11.8 Å². The number of ether oxygens (including phenoxy) is 3. The Morgan fingerprint density at radius 1 is 1.15 bits per heavy atom. The lowest BCUT2D eigenvalue weighted by Crippen LogP contribution is -2.45. The molecule has 1 aromatic rings. The molecule has 3 saturated heterocycles. The maximum absolute atomic E-state index is 6.10. The van der Waals surface area contributed by atoms with Crippen LogP contribution in [0.15, 0.2) is 23.2 Å². The van der Waals surface area contributed by atoms with Crippen LogP contribution in [-0.2, 0) is 10.2 Å². The molecule has 146 valence electrons. The first kappa shape index (κ1) is 17.2. The first-order valence-electron chi connectivity index (χ1n) is 10.1. The van der Waals surface area contributed by atoms with Crippen molar-refractivity contribution in [3.05, 3.63) is 23.8 Å². The molecule has 4 heterocycles. The van der Waals surface area contributed by atoms with E-state index in [1.165, 1.54) is 18.4 Å². The lowest BCUT2D eigenvalue weighted by Gasteiger charge is -2.30. The summed E-state index contributed by atoms with van der Waals surface area (Å²) in [4.78, 5) is 7.00. The molecule has 0 saturated carbocycles. The van der Waals surface area contributed by atoms with Crippen molar-refractivity contribution in [3.8, 4) is 11.5 Å². The van der Waals surface area contributed by atoms with E-state index in [1.54, 1.807) is 0 Å². The standard InChI is InChI=1S/C21H29N3O3/c1-21(2,13-4-5-18-19(8-13)26-12-25-18)11-23-20(22-3)24-9-14-15(10-24)17-7-6-16(14)27-17/h4-5,8,14-17H,6-7,9-12H2,1-3H3,(H,22,23). The van der Waals surface area contributed by atoms with Gasteiger partial charge in [0.1, 0.15) is 0 Å². The fraction of sp³-hybridized carbons (Fsp3) is 0.667. The third kappa shape index (κ3) is 2.85. The molecular weight excluding hydrogens is 342 g/mol. The van der Waals surface area contributed by atoms with Gasteiger partial charge in [-0.15, -0.1) is 0 Å². The number of fused-ring (bicyclic) bond motifs is 6. The van der Waals surface area contributed by atoms with E-state index in [-0.39, 0.29) is 5.41 Å². The zero-order chi connectivity index (χ0) is 18.6. The second-order valence-corrected chi connectivity index (χ2v) is 8.88. The zero-order valence-corrected chi connectivity index (χ0v) is 16.4. The molecule has 4 aliphatic rings. The number of guanidine groups is 1. The first-order chi connectivity index (χ1) is 13.0. The Morgan fingerprint density at radius 2 is 1.85 bits per heavy atom. The summed E-state index contributed by atoms with van der Waals surface area (Å²) in [5.41, 5.74) is 1.19. The van der Waals surface area contributed by atoms with E-state index in [9.17, 15) is 0 Å². The van der Waals surface area contributed by atoms with Gasteiger partial charge in [0.15, 0.2) is 17.5 Å². The minimum Gasteiger partial charge on any atom is -0.454 e. The number of rotatable bonds is 3. The van der Waals surface area contributed by atoms with Crippen LogP contribution in [0.5, 0.6) is 11.5 Å². The van der Waals surface area contributed by atoms with Gasteiger partial charge in [0, 0.05) is 43.9 Å². The molecule has 4 atom stereocenters. The van der Waals surface area contributed by atoms with Crippen molar-refractivity contribution in [2.75, 3.05) is 33.5 Å². The van der Waals surface area contributed by atoms with Crippen molar-refractivity contribution >= 4 is 5.96 Å². The molecule has 27 heavy (non-hydrogen) atoms. The van der Waals surface area contributed by atoms with E-state index in [0.717, 1.165) is 37.1 Å². The van der Waals surface area contributed by atoms with Gasteiger partial charge in [-0.05, 0) is 30.5 Å². The molecule has 4 aliphatic heterocycles. The van der Waals surface area contributed by atoms with Crippen LogP contribution < -0.4 is 14.8 Å². The van der Waals surface area contributed by atoms with E-state index < -0.39 is 0 Å². The summed E-state index contributed by atoms with van der Waals surface area (Å²) in [5, 5.41) is 3.62. The molecule has 0 aromatic heterocycles. The van der Waals surface area contributed by atoms with Crippen molar-refractivity contribution in [2.24, 2.45) is 16.8 Å². The van der Waals surface area contributed by atoms with Crippen LogP contribution in [0.4, 0.5) is 0 Å². The fourth-order valence-electron chi connectivity index (χ4n) is 5.18. The third-order valence-electron chi connectivity index (χ3n) is 6.81. The Balaban J connectivity index is 1.24. The Kier molecular flexibility index (Phi) is 4.00. The number of hydrogen-bond donors (Lipinski definition) is 1. The van der Waals surface area contributed by atoms with E-state index in [0.29, 0.717) is 30.8 Å². The van der Waals surface area contributed by atoms with Crippen molar-refractivity contribution in [2.45, 2.75) is 44.3 Å². The average molecular weight is 371 g/mol. The number of nitrogens with one attached hydrogen (secondary N) is 1. The van der Waals surface area contributed by atoms with Gasteiger partial charge in [-0.2, -0.15) is 0 Å². The first-order valence-corrected chi connectivity index (χ1v) is 10.1. The van der Waals surface area contributed by atoms with Gasteiger partial charge in [0.25, 0.3) is 0 Å². The third-order valence-corrected chi connectivity index (χ3v) is 6.81. The van der Waals surface area contributed by atoms with Gasteiger partial charge in [-0.25, -0.2) is 0 Å². The van der Waals surface area contributed by atoms with E-state index >= 15 is 0 Å². The van der Waals surface area contributed by atoms with E-state index in [2.05, 4.69) is 41.2 Å². The van der Waals surface area contributed by atoms with E-state index in [1.807, 2.05) is 13.1 Å². The quantitative estimate of drug-likeness (QED) is 0.653. The lowest BCUT2D eigenvalue weighted by molar-refractivity contribution is 0.0767. The molecular formula is C21H29N3O3. The molecule has 3 fully saturated rings. The highest BCUT2D eigenvalue weighted by atomic mass is 16.7. The van der Waals surface area contributed by atoms with Gasteiger partial charge in [-0.1, -0.05) is 19.9 Å². The van der Waals surface area contributed by atoms with Crippen LogP contribution in [-0.4, -0.2) is 56.5 Å². The largest absolute Gasteiger partial charge is 0.454 e. The molecule has 6 heteroatoms. The number of benzene rings is 1. The smallest absolute Gasteiger partial charge is 0.231 e. The molecule has 1 N–H and O–H groups in total. The summed E-state index contributed by atoms with van der Waals surface area (Å²) in [7, 11) is 1.88. The maximum Gasteiger partial charge on any atom is 0.231 e. The predicted molar refractivity (Wildman–Crippen MR) is 103 cm³/mol. The summed E-state index contributed by atoms with van der Waals surface area (Å²) in [6, 6.07) is 6.24. The van der Waals surface area contributed by atoms with Crippen LogP contribution in [0.25, 0.3) is 0 Å². The highest BCUT2D eigenvalue weighted by Crippen LogP contribution is 2.47. The molecule has 0 spiro atoms. The van der Waals surface area contributed by atoms with Gasteiger partial charge < -0.3 is 24.4 Å². The summed E-state index contributed by atoms with van der Waals surface area (Å²) in [6.45, 7) is 7.75. The fourth-order valence-corrected chi connectivity index (χ4v) is 5.18. The van der Waals surface area contributed by atoms with Crippen LogP contribution in [0.3, 0.4) is 0 Å². The SMILES string of the molecule is CN=C(NCC(C)(C)c1ccc2c(c1)OCO2)N1CC2C3CCC(O3)C2C1. The molecule has 1 aromatic carbocycles. The number of hydrogen-bond acceptors (Lipinski definition) is 4. The highest BCUT2D eigenvalue weighted by Gasteiger charge is 2.53.